The minimum absolute atomic E-state index is 0.0317. The van der Waals surface area contributed by atoms with Gasteiger partial charge in [-0.25, -0.2) is 0 Å². The SMILES string of the molecule is CN(C)c1ccc(CN(CCc2c[nH]c3ccccc23)C(=O)CN(CCc2ccccc2)C(=O)c2ccco2)cc1. The molecule has 3 aromatic carbocycles. The highest BCUT2D eigenvalue weighted by Gasteiger charge is 2.24. The molecule has 0 saturated heterocycles. The molecule has 2 heterocycles. The molecule has 7 nitrogen and oxygen atoms in total. The summed E-state index contributed by atoms with van der Waals surface area (Å²) in [5, 5.41) is 1.16. The number of nitrogens with zero attached hydrogens (tertiary/aromatic N) is 3. The molecule has 0 unspecified atom stereocenters. The van der Waals surface area contributed by atoms with Crippen LogP contribution in [0, 0.1) is 0 Å². The normalized spacial score (nSPS) is 11.0. The quantitative estimate of drug-likeness (QED) is 0.214. The van der Waals surface area contributed by atoms with Crippen molar-refractivity contribution in [2.75, 3.05) is 38.6 Å². The Balaban J connectivity index is 1.36. The van der Waals surface area contributed by atoms with Crippen molar-refractivity contribution >= 4 is 28.4 Å². The molecule has 2 aromatic heterocycles. The fourth-order valence-electron chi connectivity index (χ4n) is 4.99. The number of carbonyl (C=O) groups excluding carboxylic acids is 2. The second kappa shape index (κ2) is 13.0. The van der Waals surface area contributed by atoms with Gasteiger partial charge in [0, 0.05) is 56.5 Å². The summed E-state index contributed by atoms with van der Waals surface area (Å²) in [6.45, 7) is 1.35. The molecule has 0 radical (unpaired) electrons. The molecule has 5 rings (SSSR count). The zero-order chi connectivity index (χ0) is 28.6. The maximum atomic E-state index is 13.9. The Morgan fingerprint density at radius 3 is 2.22 bits per heavy atom. The standard InChI is InChI=1S/C34H36N4O3/c1-36(2)29-16-14-27(15-17-29)24-37(21-19-28-23-35-31-12-7-6-11-30(28)31)33(39)25-38(34(40)32-13-8-22-41-32)20-18-26-9-4-3-5-10-26/h3-17,22-23,35H,18-21,24-25H2,1-2H3. The van der Waals surface area contributed by atoms with E-state index < -0.39 is 0 Å². The first-order valence-corrected chi connectivity index (χ1v) is 13.9. The lowest BCUT2D eigenvalue weighted by atomic mass is 10.1. The van der Waals surface area contributed by atoms with Gasteiger partial charge < -0.3 is 24.1 Å². The van der Waals surface area contributed by atoms with Gasteiger partial charge in [0.25, 0.3) is 5.91 Å². The predicted octanol–water partition coefficient (Wildman–Crippen LogP) is 5.78. The van der Waals surface area contributed by atoms with Crippen molar-refractivity contribution in [1.82, 2.24) is 14.8 Å². The molecule has 0 bridgehead atoms. The highest BCUT2D eigenvalue weighted by molar-refractivity contribution is 5.94. The molecule has 5 aromatic rings. The molecule has 0 aliphatic carbocycles. The number of rotatable bonds is 12. The third kappa shape index (κ3) is 7.06. The number of nitrogens with one attached hydrogen (secondary N) is 1. The molecular weight excluding hydrogens is 512 g/mol. The van der Waals surface area contributed by atoms with Crippen LogP contribution in [-0.4, -0.2) is 60.3 Å². The van der Waals surface area contributed by atoms with Crippen LogP contribution in [0.3, 0.4) is 0 Å². The summed E-state index contributed by atoms with van der Waals surface area (Å²) in [4.78, 5) is 36.2. The first-order valence-electron chi connectivity index (χ1n) is 13.9. The number of aromatic amines is 1. The van der Waals surface area contributed by atoms with E-state index in [1.165, 1.54) is 6.26 Å². The highest BCUT2D eigenvalue weighted by atomic mass is 16.3. The average Bonchev–Trinajstić information content (AvgIpc) is 3.68. The molecule has 41 heavy (non-hydrogen) atoms. The number of amides is 2. The summed E-state index contributed by atoms with van der Waals surface area (Å²) in [6.07, 6.45) is 4.84. The van der Waals surface area contributed by atoms with E-state index in [1.54, 1.807) is 17.0 Å². The number of hydrogen-bond acceptors (Lipinski definition) is 4. The zero-order valence-electron chi connectivity index (χ0n) is 23.6. The van der Waals surface area contributed by atoms with Gasteiger partial charge in [-0.3, -0.25) is 9.59 Å². The Bertz CT molecular complexity index is 1560. The molecule has 0 aliphatic rings. The van der Waals surface area contributed by atoms with Gasteiger partial charge in [-0.05, 0) is 59.9 Å². The summed E-state index contributed by atoms with van der Waals surface area (Å²) in [5.74, 6) is -0.156. The van der Waals surface area contributed by atoms with Gasteiger partial charge in [0.2, 0.25) is 5.91 Å². The van der Waals surface area contributed by atoms with Crippen LogP contribution < -0.4 is 4.90 Å². The average molecular weight is 549 g/mol. The smallest absolute Gasteiger partial charge is 0.290 e. The fraction of sp³-hybridized carbons (Fsp3) is 0.235. The first kappa shape index (κ1) is 27.8. The van der Waals surface area contributed by atoms with Crippen LogP contribution in [-0.2, 0) is 24.2 Å². The van der Waals surface area contributed by atoms with Crippen molar-refractivity contribution in [3.05, 3.63) is 126 Å². The molecular formula is C34H36N4O3. The minimum atomic E-state index is -0.286. The third-order valence-electron chi connectivity index (χ3n) is 7.36. The number of furan rings is 1. The Hall–Kier alpha value is -4.78. The lowest BCUT2D eigenvalue weighted by molar-refractivity contribution is -0.132. The van der Waals surface area contributed by atoms with E-state index in [1.807, 2.05) is 67.7 Å². The number of aromatic nitrogens is 1. The molecule has 0 aliphatic heterocycles. The van der Waals surface area contributed by atoms with Gasteiger partial charge in [-0.1, -0.05) is 60.7 Å². The van der Waals surface area contributed by atoms with Gasteiger partial charge >= 0.3 is 0 Å². The van der Waals surface area contributed by atoms with Crippen molar-refractivity contribution in [3.63, 3.8) is 0 Å². The van der Waals surface area contributed by atoms with Gasteiger partial charge in [-0.2, -0.15) is 0 Å². The van der Waals surface area contributed by atoms with E-state index in [0.29, 0.717) is 32.5 Å². The topological polar surface area (TPSA) is 72.8 Å². The van der Waals surface area contributed by atoms with Crippen molar-refractivity contribution in [2.24, 2.45) is 0 Å². The van der Waals surface area contributed by atoms with Gasteiger partial charge in [-0.15, -0.1) is 0 Å². The summed E-state index contributed by atoms with van der Waals surface area (Å²) >= 11 is 0. The summed E-state index contributed by atoms with van der Waals surface area (Å²) in [5.41, 5.74) is 5.48. The largest absolute Gasteiger partial charge is 0.459 e. The summed E-state index contributed by atoms with van der Waals surface area (Å²) in [7, 11) is 4.01. The second-order valence-electron chi connectivity index (χ2n) is 10.4. The van der Waals surface area contributed by atoms with Gasteiger partial charge in [0.05, 0.1) is 6.26 Å². The molecule has 0 atom stereocenters. The highest BCUT2D eigenvalue weighted by Crippen LogP contribution is 2.20. The molecule has 0 fully saturated rings. The first-order chi connectivity index (χ1) is 20.0. The van der Waals surface area contributed by atoms with Crippen LogP contribution >= 0.6 is 0 Å². The molecule has 2 amide bonds. The van der Waals surface area contributed by atoms with Crippen molar-refractivity contribution < 1.29 is 14.0 Å². The van der Waals surface area contributed by atoms with Gasteiger partial charge in [0.1, 0.15) is 6.54 Å². The minimum Gasteiger partial charge on any atom is -0.459 e. The van der Waals surface area contributed by atoms with Crippen molar-refractivity contribution in [1.29, 1.82) is 0 Å². The van der Waals surface area contributed by atoms with E-state index in [2.05, 4.69) is 46.3 Å². The lowest BCUT2D eigenvalue weighted by Gasteiger charge is -2.28. The van der Waals surface area contributed by atoms with E-state index in [4.69, 9.17) is 4.42 Å². The Morgan fingerprint density at radius 2 is 1.49 bits per heavy atom. The van der Waals surface area contributed by atoms with E-state index in [9.17, 15) is 9.59 Å². The monoisotopic (exact) mass is 548 g/mol. The lowest BCUT2D eigenvalue weighted by Crippen LogP contribution is -2.44. The fourth-order valence-corrected chi connectivity index (χ4v) is 4.99. The number of hydrogen-bond donors (Lipinski definition) is 1. The summed E-state index contributed by atoms with van der Waals surface area (Å²) in [6, 6.07) is 29.7. The molecule has 7 heteroatoms. The van der Waals surface area contributed by atoms with Crippen molar-refractivity contribution in [3.8, 4) is 0 Å². The van der Waals surface area contributed by atoms with Crippen LogP contribution in [0.15, 0.2) is 108 Å². The molecule has 210 valence electrons. The van der Waals surface area contributed by atoms with Crippen LogP contribution in [0.4, 0.5) is 5.69 Å². The molecule has 1 N–H and O–H groups in total. The Kier molecular flexibility index (Phi) is 8.84. The number of para-hydroxylation sites is 1. The Labute approximate surface area is 241 Å². The molecule has 0 saturated carbocycles. The predicted molar refractivity (Wildman–Crippen MR) is 163 cm³/mol. The van der Waals surface area contributed by atoms with Crippen LogP contribution in [0.5, 0.6) is 0 Å². The number of anilines is 1. The third-order valence-corrected chi connectivity index (χ3v) is 7.36. The maximum absolute atomic E-state index is 13.9. The number of carbonyl (C=O) groups is 2. The molecule has 0 spiro atoms. The second-order valence-corrected chi connectivity index (χ2v) is 10.4. The van der Waals surface area contributed by atoms with E-state index in [-0.39, 0.29) is 24.1 Å². The van der Waals surface area contributed by atoms with E-state index in [0.717, 1.165) is 33.3 Å². The van der Waals surface area contributed by atoms with Gasteiger partial charge in [0.15, 0.2) is 5.76 Å². The van der Waals surface area contributed by atoms with Crippen LogP contribution in [0.25, 0.3) is 10.9 Å². The number of fused-ring (bicyclic) bond motifs is 1. The van der Waals surface area contributed by atoms with Crippen LogP contribution in [0.2, 0.25) is 0 Å². The zero-order valence-corrected chi connectivity index (χ0v) is 23.6. The Morgan fingerprint density at radius 1 is 0.756 bits per heavy atom. The van der Waals surface area contributed by atoms with Crippen molar-refractivity contribution in [2.45, 2.75) is 19.4 Å². The number of benzene rings is 3. The summed E-state index contributed by atoms with van der Waals surface area (Å²) < 4.78 is 5.41. The number of H-pyrrole nitrogens is 1. The maximum Gasteiger partial charge on any atom is 0.290 e. The van der Waals surface area contributed by atoms with E-state index >= 15 is 0 Å². The van der Waals surface area contributed by atoms with Crippen LogP contribution in [0.1, 0.15) is 27.2 Å².